The number of likely N-dealkylation sites (tertiary alicyclic amines) is 1. The van der Waals surface area contributed by atoms with Crippen molar-refractivity contribution in [1.82, 2.24) is 10.2 Å². The minimum Gasteiger partial charge on any atom is -0.497 e. The number of hydrogen-bond acceptors (Lipinski definition) is 4. The molecule has 138 valence electrons. The lowest BCUT2D eigenvalue weighted by Gasteiger charge is -2.23. The van der Waals surface area contributed by atoms with Gasteiger partial charge < -0.3 is 25.0 Å². The van der Waals surface area contributed by atoms with Crippen LogP contribution < -0.4 is 20.1 Å². The minimum atomic E-state index is -0.203. The third-order valence-electron chi connectivity index (χ3n) is 5.36. The Labute approximate surface area is 149 Å². The zero-order valence-corrected chi connectivity index (χ0v) is 15.2. The number of nitrogens with one attached hydrogen (secondary N) is 2. The number of amides is 2. The molecular formula is C19H29N3O3. The second-order valence-electron chi connectivity index (χ2n) is 6.99. The molecule has 1 saturated heterocycles. The Bertz CT molecular complexity index is 587. The highest BCUT2D eigenvalue weighted by Gasteiger charge is 2.29. The van der Waals surface area contributed by atoms with Crippen molar-refractivity contribution in [2.24, 2.45) is 5.92 Å². The van der Waals surface area contributed by atoms with Crippen LogP contribution in [-0.2, 0) is 0 Å². The maximum absolute atomic E-state index is 12.2. The number of carbonyl (C=O) groups excluding carboxylic acids is 1. The van der Waals surface area contributed by atoms with Crippen molar-refractivity contribution >= 4 is 11.7 Å². The van der Waals surface area contributed by atoms with E-state index in [1.54, 1.807) is 32.4 Å². The van der Waals surface area contributed by atoms with Crippen LogP contribution >= 0.6 is 0 Å². The lowest BCUT2D eigenvalue weighted by Crippen LogP contribution is -2.35. The first-order valence-electron chi connectivity index (χ1n) is 9.20. The summed E-state index contributed by atoms with van der Waals surface area (Å²) in [6, 6.07) is 5.92. The summed E-state index contributed by atoms with van der Waals surface area (Å²) >= 11 is 0. The molecule has 1 atom stereocenters. The third-order valence-corrected chi connectivity index (χ3v) is 5.36. The molecule has 0 bridgehead atoms. The van der Waals surface area contributed by atoms with Crippen LogP contribution in [0.3, 0.4) is 0 Å². The van der Waals surface area contributed by atoms with Gasteiger partial charge in [-0.1, -0.05) is 12.8 Å². The van der Waals surface area contributed by atoms with Crippen molar-refractivity contribution in [2.75, 3.05) is 39.2 Å². The zero-order valence-electron chi connectivity index (χ0n) is 15.2. The lowest BCUT2D eigenvalue weighted by molar-refractivity contribution is 0.234. The van der Waals surface area contributed by atoms with Crippen LogP contribution in [0.25, 0.3) is 0 Å². The van der Waals surface area contributed by atoms with E-state index < -0.39 is 0 Å². The van der Waals surface area contributed by atoms with E-state index in [1.165, 1.54) is 38.6 Å². The number of benzene rings is 1. The topological polar surface area (TPSA) is 62.8 Å². The van der Waals surface area contributed by atoms with Crippen LogP contribution in [0, 0.1) is 5.92 Å². The highest BCUT2D eigenvalue weighted by atomic mass is 16.5. The van der Waals surface area contributed by atoms with E-state index in [0.29, 0.717) is 29.6 Å². The molecule has 1 aliphatic heterocycles. The molecule has 1 unspecified atom stereocenters. The summed E-state index contributed by atoms with van der Waals surface area (Å²) in [5.74, 6) is 1.84. The molecule has 1 saturated carbocycles. The van der Waals surface area contributed by atoms with E-state index in [4.69, 9.17) is 9.47 Å². The van der Waals surface area contributed by atoms with Crippen molar-refractivity contribution in [3.8, 4) is 11.5 Å². The number of rotatable bonds is 6. The van der Waals surface area contributed by atoms with Crippen LogP contribution in [0.1, 0.15) is 32.1 Å². The number of methoxy groups -OCH3 is 2. The van der Waals surface area contributed by atoms with Gasteiger partial charge in [0.25, 0.3) is 0 Å². The number of ether oxygens (including phenoxy) is 2. The van der Waals surface area contributed by atoms with Gasteiger partial charge in [0.05, 0.1) is 19.9 Å². The Morgan fingerprint density at radius 1 is 1.20 bits per heavy atom. The largest absolute Gasteiger partial charge is 0.497 e. The van der Waals surface area contributed by atoms with E-state index in [2.05, 4.69) is 15.5 Å². The van der Waals surface area contributed by atoms with Crippen molar-refractivity contribution in [3.05, 3.63) is 18.2 Å². The van der Waals surface area contributed by atoms with Crippen LogP contribution in [-0.4, -0.2) is 50.8 Å². The first-order valence-corrected chi connectivity index (χ1v) is 9.20. The van der Waals surface area contributed by atoms with Gasteiger partial charge in [-0.15, -0.1) is 0 Å². The Hall–Kier alpha value is -1.95. The first-order chi connectivity index (χ1) is 12.2. The smallest absolute Gasteiger partial charge is 0.319 e. The number of hydrogen-bond donors (Lipinski definition) is 2. The van der Waals surface area contributed by atoms with Gasteiger partial charge in [-0.05, 0) is 43.9 Å². The second-order valence-corrected chi connectivity index (χ2v) is 6.99. The molecule has 0 aromatic heterocycles. The van der Waals surface area contributed by atoms with Crippen LogP contribution in [0.4, 0.5) is 10.5 Å². The van der Waals surface area contributed by atoms with Crippen molar-refractivity contribution < 1.29 is 14.3 Å². The fourth-order valence-electron chi connectivity index (χ4n) is 3.95. The molecule has 0 spiro atoms. The lowest BCUT2D eigenvalue weighted by atomic mass is 10.1. The highest BCUT2D eigenvalue weighted by Crippen LogP contribution is 2.29. The van der Waals surface area contributed by atoms with Gasteiger partial charge in [-0.2, -0.15) is 0 Å². The predicted octanol–water partition coefficient (Wildman–Crippen LogP) is 3.09. The fraction of sp³-hybridized carbons (Fsp3) is 0.632. The number of carbonyl (C=O) groups is 1. The zero-order chi connectivity index (χ0) is 17.6. The van der Waals surface area contributed by atoms with Gasteiger partial charge in [0.1, 0.15) is 11.5 Å². The van der Waals surface area contributed by atoms with E-state index >= 15 is 0 Å². The normalized spacial score (nSPS) is 21.3. The molecular weight excluding hydrogens is 318 g/mol. The van der Waals surface area contributed by atoms with E-state index in [1.807, 2.05) is 0 Å². The molecule has 0 radical (unpaired) electrons. The molecule has 2 amide bonds. The van der Waals surface area contributed by atoms with E-state index in [9.17, 15) is 4.79 Å². The monoisotopic (exact) mass is 347 g/mol. The summed E-state index contributed by atoms with van der Waals surface area (Å²) < 4.78 is 10.5. The van der Waals surface area contributed by atoms with Crippen molar-refractivity contribution in [2.45, 2.75) is 38.1 Å². The first kappa shape index (κ1) is 17.9. The summed E-state index contributed by atoms with van der Waals surface area (Å²) in [7, 11) is 3.18. The Kier molecular flexibility index (Phi) is 6.02. The molecule has 6 nitrogen and oxygen atoms in total. The summed E-state index contributed by atoms with van der Waals surface area (Å²) in [5.41, 5.74) is 0.610. The number of anilines is 1. The number of urea groups is 1. The molecule has 2 N–H and O–H groups in total. The Morgan fingerprint density at radius 2 is 2.00 bits per heavy atom. The molecule has 25 heavy (non-hydrogen) atoms. The summed E-state index contributed by atoms with van der Waals surface area (Å²) in [6.45, 7) is 2.98. The summed E-state index contributed by atoms with van der Waals surface area (Å²) in [5, 5.41) is 5.86. The van der Waals surface area contributed by atoms with Crippen molar-refractivity contribution in [3.63, 3.8) is 0 Å². The number of nitrogens with zero attached hydrogens (tertiary/aromatic N) is 1. The molecule has 1 aliphatic carbocycles. The molecule has 2 aliphatic rings. The standard InChI is InChI=1S/C19H29N3O3/c1-24-16-7-8-18(25-2)17(11-16)21-19(23)20-12-14-9-10-22(13-14)15-5-3-4-6-15/h7-8,11,14-15H,3-6,9-10,12-13H2,1-2H3,(H2,20,21,23). The van der Waals surface area contributed by atoms with Crippen LogP contribution in [0.15, 0.2) is 18.2 Å². The Balaban J connectivity index is 1.47. The average molecular weight is 347 g/mol. The maximum Gasteiger partial charge on any atom is 0.319 e. The molecule has 2 fully saturated rings. The van der Waals surface area contributed by atoms with Gasteiger partial charge in [-0.3, -0.25) is 0 Å². The highest BCUT2D eigenvalue weighted by molar-refractivity contribution is 5.91. The van der Waals surface area contributed by atoms with Gasteiger partial charge in [-0.25, -0.2) is 4.79 Å². The fourth-order valence-corrected chi connectivity index (χ4v) is 3.95. The quantitative estimate of drug-likeness (QED) is 0.830. The molecule has 3 rings (SSSR count). The second kappa shape index (κ2) is 8.43. The van der Waals surface area contributed by atoms with E-state index in [0.717, 1.165) is 12.6 Å². The maximum atomic E-state index is 12.2. The molecule has 1 aromatic rings. The molecule has 1 aromatic carbocycles. The SMILES string of the molecule is COc1ccc(OC)c(NC(=O)NCC2CCN(C3CCCC3)C2)c1. The van der Waals surface area contributed by atoms with Gasteiger partial charge >= 0.3 is 6.03 Å². The van der Waals surface area contributed by atoms with Crippen molar-refractivity contribution in [1.29, 1.82) is 0 Å². The van der Waals surface area contributed by atoms with Crippen LogP contribution in [0.5, 0.6) is 11.5 Å². The van der Waals surface area contributed by atoms with Crippen LogP contribution in [0.2, 0.25) is 0 Å². The third kappa shape index (κ3) is 4.57. The Morgan fingerprint density at radius 3 is 2.72 bits per heavy atom. The van der Waals surface area contributed by atoms with Gasteiger partial charge in [0.15, 0.2) is 0 Å². The molecule has 1 heterocycles. The predicted molar refractivity (Wildman–Crippen MR) is 98.5 cm³/mol. The minimum absolute atomic E-state index is 0.203. The summed E-state index contributed by atoms with van der Waals surface area (Å²) in [6.07, 6.45) is 6.59. The van der Waals surface area contributed by atoms with Gasteiger partial charge in [0, 0.05) is 25.2 Å². The van der Waals surface area contributed by atoms with Gasteiger partial charge in [0.2, 0.25) is 0 Å². The average Bonchev–Trinajstić information content (AvgIpc) is 3.31. The molecule has 6 heteroatoms. The van der Waals surface area contributed by atoms with E-state index in [-0.39, 0.29) is 6.03 Å². The summed E-state index contributed by atoms with van der Waals surface area (Å²) in [4.78, 5) is 14.9.